The maximum atomic E-state index is 14.2. The summed E-state index contributed by atoms with van der Waals surface area (Å²) in [5.74, 6) is -0.558. The lowest BCUT2D eigenvalue weighted by atomic mass is 10.0. The minimum absolute atomic E-state index is 0.182. The van der Waals surface area contributed by atoms with Crippen LogP contribution in [0.25, 0.3) is 16.9 Å². The van der Waals surface area contributed by atoms with Gasteiger partial charge in [-0.05, 0) is 39.2 Å². The first-order valence-corrected chi connectivity index (χ1v) is 11.0. The van der Waals surface area contributed by atoms with Gasteiger partial charge >= 0.3 is 0 Å². The number of nitrogens with zero attached hydrogens (tertiary/aromatic N) is 5. The Labute approximate surface area is 195 Å². The van der Waals surface area contributed by atoms with Gasteiger partial charge in [0.15, 0.2) is 5.65 Å². The molecule has 11 heteroatoms. The molecule has 0 bridgehead atoms. The van der Waals surface area contributed by atoms with Crippen molar-refractivity contribution in [2.24, 2.45) is 0 Å². The number of fused-ring (bicyclic) bond motifs is 1. The predicted molar refractivity (Wildman–Crippen MR) is 122 cm³/mol. The van der Waals surface area contributed by atoms with Gasteiger partial charge in [-0.1, -0.05) is 0 Å². The zero-order chi connectivity index (χ0) is 24.5. The summed E-state index contributed by atoms with van der Waals surface area (Å²) in [4.78, 5) is 21.6. The number of carbonyl (C=O) groups excluding carboxylic acids is 1. The van der Waals surface area contributed by atoms with Crippen molar-refractivity contribution in [2.75, 3.05) is 11.9 Å². The fourth-order valence-corrected chi connectivity index (χ4v) is 3.85. The molecular weight excluding hydrogens is 441 g/mol. The first-order chi connectivity index (χ1) is 16.2. The van der Waals surface area contributed by atoms with Gasteiger partial charge in [0.25, 0.3) is 5.91 Å². The fraction of sp³-hybridized carbons (Fsp3) is 0.435. The summed E-state index contributed by atoms with van der Waals surface area (Å²) < 4.78 is 15.6. The van der Waals surface area contributed by atoms with Crippen molar-refractivity contribution in [1.29, 1.82) is 5.26 Å². The van der Waals surface area contributed by atoms with E-state index in [1.165, 1.54) is 30.8 Å². The number of alkyl halides is 1. The highest BCUT2D eigenvalue weighted by Crippen LogP contribution is 2.29. The third kappa shape index (κ3) is 4.83. The van der Waals surface area contributed by atoms with E-state index in [0.717, 1.165) is 12.8 Å². The van der Waals surface area contributed by atoms with E-state index in [-0.39, 0.29) is 18.2 Å². The number of halogens is 1. The topological polar surface area (TPSA) is 148 Å². The van der Waals surface area contributed by atoms with Crippen molar-refractivity contribution < 1.29 is 19.4 Å². The summed E-state index contributed by atoms with van der Waals surface area (Å²) >= 11 is 0. The van der Waals surface area contributed by atoms with Crippen LogP contribution in [0.15, 0.2) is 30.9 Å². The first kappa shape index (κ1) is 23.5. The van der Waals surface area contributed by atoms with Crippen LogP contribution in [0.4, 0.5) is 10.1 Å². The van der Waals surface area contributed by atoms with E-state index in [1.54, 1.807) is 18.5 Å². The van der Waals surface area contributed by atoms with Crippen LogP contribution in [0.2, 0.25) is 0 Å². The van der Waals surface area contributed by atoms with E-state index in [0.29, 0.717) is 34.6 Å². The third-order valence-corrected chi connectivity index (χ3v) is 5.94. The standard InChI is InChI=1S/C23H26FN7O3/c1-23(2,34)20(24)11-28-22(33)15-9-26-17(6-18(15)30-16-4-3-5-19(16)32)14-10-29-31-12-13(7-25)8-27-21(14)31/h6,8-10,12,16,19-20,32,34H,3-5,11H2,1-2H3,(H,26,30)(H,28,33)/t16?,19?,20-/m1/s1. The number of amides is 1. The largest absolute Gasteiger partial charge is 0.391 e. The summed E-state index contributed by atoms with van der Waals surface area (Å²) in [6.07, 6.45) is 5.97. The van der Waals surface area contributed by atoms with Crippen molar-refractivity contribution in [3.63, 3.8) is 0 Å². The van der Waals surface area contributed by atoms with Crippen LogP contribution in [0.5, 0.6) is 0 Å². The molecule has 1 aliphatic carbocycles. The number of hydrogen-bond acceptors (Lipinski definition) is 8. The van der Waals surface area contributed by atoms with Crippen molar-refractivity contribution in [1.82, 2.24) is 24.9 Å². The lowest BCUT2D eigenvalue weighted by Crippen LogP contribution is -2.42. The van der Waals surface area contributed by atoms with Crippen LogP contribution in [0, 0.1) is 11.3 Å². The van der Waals surface area contributed by atoms with Gasteiger partial charge in [-0.25, -0.2) is 13.9 Å². The second-order valence-corrected chi connectivity index (χ2v) is 8.98. The van der Waals surface area contributed by atoms with Crippen LogP contribution < -0.4 is 10.6 Å². The normalized spacial score (nSPS) is 19.1. The smallest absolute Gasteiger partial charge is 0.255 e. The molecule has 1 saturated carbocycles. The molecule has 0 saturated heterocycles. The molecule has 1 amide bonds. The first-order valence-electron chi connectivity index (χ1n) is 11.0. The highest BCUT2D eigenvalue weighted by Gasteiger charge is 2.29. The molecule has 4 rings (SSSR count). The zero-order valence-electron chi connectivity index (χ0n) is 18.9. The number of anilines is 1. The molecule has 2 unspecified atom stereocenters. The minimum Gasteiger partial charge on any atom is -0.391 e. The Morgan fingerprint density at radius 2 is 2.15 bits per heavy atom. The van der Waals surface area contributed by atoms with Gasteiger partial charge in [-0.3, -0.25) is 9.78 Å². The number of nitriles is 1. The second kappa shape index (κ2) is 9.32. The van der Waals surface area contributed by atoms with Gasteiger partial charge in [0, 0.05) is 12.4 Å². The van der Waals surface area contributed by atoms with Crippen molar-refractivity contribution in [2.45, 2.75) is 57.0 Å². The Kier molecular flexibility index (Phi) is 6.45. The van der Waals surface area contributed by atoms with Crippen LogP contribution in [-0.2, 0) is 0 Å². The molecule has 3 aromatic rings. The molecule has 1 fully saturated rings. The molecule has 4 N–H and O–H groups in total. The molecule has 0 spiro atoms. The number of hydrogen-bond donors (Lipinski definition) is 4. The van der Waals surface area contributed by atoms with Gasteiger partial charge in [0.05, 0.1) is 64.8 Å². The summed E-state index contributed by atoms with van der Waals surface area (Å²) in [7, 11) is 0. The lowest BCUT2D eigenvalue weighted by molar-refractivity contribution is -0.00177. The average molecular weight is 468 g/mol. The van der Waals surface area contributed by atoms with Gasteiger partial charge < -0.3 is 20.8 Å². The summed E-state index contributed by atoms with van der Waals surface area (Å²) in [6, 6.07) is 3.43. The van der Waals surface area contributed by atoms with E-state index in [2.05, 4.69) is 25.7 Å². The quantitative estimate of drug-likeness (QED) is 0.411. The number of aliphatic hydroxyl groups is 2. The van der Waals surface area contributed by atoms with E-state index >= 15 is 0 Å². The Morgan fingerprint density at radius 3 is 2.82 bits per heavy atom. The highest BCUT2D eigenvalue weighted by molar-refractivity contribution is 6.00. The maximum Gasteiger partial charge on any atom is 0.255 e. The molecule has 3 aromatic heterocycles. The predicted octanol–water partition coefficient (Wildman–Crippen LogP) is 1.83. The second-order valence-electron chi connectivity index (χ2n) is 8.98. The SMILES string of the molecule is CC(C)(O)[C@H](F)CNC(=O)c1cnc(-c2cnn3cc(C#N)cnc23)cc1NC1CCCC1O. The van der Waals surface area contributed by atoms with Crippen LogP contribution in [-0.4, -0.2) is 66.2 Å². The number of pyridine rings is 1. The number of nitrogens with one attached hydrogen (secondary N) is 2. The summed E-state index contributed by atoms with van der Waals surface area (Å²) in [5.41, 5.74) is 0.947. The van der Waals surface area contributed by atoms with Gasteiger partial charge in [-0.2, -0.15) is 10.4 Å². The molecule has 0 radical (unpaired) electrons. The zero-order valence-corrected chi connectivity index (χ0v) is 18.9. The lowest BCUT2D eigenvalue weighted by Gasteiger charge is -2.23. The van der Waals surface area contributed by atoms with Crippen molar-refractivity contribution in [3.05, 3.63) is 42.0 Å². The summed E-state index contributed by atoms with van der Waals surface area (Å²) in [5, 5.41) is 39.1. The minimum atomic E-state index is -1.65. The maximum absolute atomic E-state index is 14.2. The Hall–Kier alpha value is -3.62. The monoisotopic (exact) mass is 467 g/mol. The Balaban J connectivity index is 1.67. The van der Waals surface area contributed by atoms with E-state index in [1.807, 2.05) is 6.07 Å². The van der Waals surface area contributed by atoms with Crippen molar-refractivity contribution in [3.8, 4) is 17.3 Å². The van der Waals surface area contributed by atoms with Crippen LogP contribution >= 0.6 is 0 Å². The Morgan fingerprint density at radius 1 is 1.35 bits per heavy atom. The molecule has 0 aromatic carbocycles. The van der Waals surface area contributed by atoms with Crippen LogP contribution in [0.3, 0.4) is 0 Å². The molecule has 0 aliphatic heterocycles. The van der Waals surface area contributed by atoms with E-state index < -0.39 is 23.8 Å². The third-order valence-electron chi connectivity index (χ3n) is 5.94. The van der Waals surface area contributed by atoms with Gasteiger partial charge in [0.1, 0.15) is 12.2 Å². The molecule has 3 atom stereocenters. The molecule has 178 valence electrons. The molecular formula is C23H26FN7O3. The number of aromatic nitrogens is 4. The highest BCUT2D eigenvalue weighted by atomic mass is 19.1. The molecule has 10 nitrogen and oxygen atoms in total. The Bertz CT molecular complexity index is 1250. The van der Waals surface area contributed by atoms with E-state index in [4.69, 9.17) is 5.26 Å². The van der Waals surface area contributed by atoms with Crippen molar-refractivity contribution >= 4 is 17.2 Å². The number of aliphatic hydroxyl groups excluding tert-OH is 1. The number of rotatable bonds is 7. The fourth-order valence-electron chi connectivity index (χ4n) is 3.85. The summed E-state index contributed by atoms with van der Waals surface area (Å²) in [6.45, 7) is 2.30. The molecule has 1 aliphatic rings. The molecule has 34 heavy (non-hydrogen) atoms. The molecule has 3 heterocycles. The number of carbonyl (C=O) groups is 1. The van der Waals surface area contributed by atoms with Gasteiger partial charge in [-0.15, -0.1) is 0 Å². The average Bonchev–Trinajstić information content (AvgIpc) is 3.41. The van der Waals surface area contributed by atoms with Gasteiger partial charge in [0.2, 0.25) is 0 Å². The van der Waals surface area contributed by atoms with Crippen LogP contribution in [0.1, 0.15) is 49.0 Å². The van der Waals surface area contributed by atoms with E-state index in [9.17, 15) is 19.4 Å².